The molecule has 0 aromatic rings. The molecular formula is C22H32O2. The minimum absolute atomic E-state index is 0.0430. The molecule has 0 bridgehead atoms. The summed E-state index contributed by atoms with van der Waals surface area (Å²) in [6, 6.07) is 0. The minimum atomic E-state index is -0.0430. The van der Waals surface area contributed by atoms with Crippen molar-refractivity contribution in [3.05, 3.63) is 22.8 Å². The summed E-state index contributed by atoms with van der Waals surface area (Å²) in [7, 11) is 1.51. The molecule has 1 fully saturated rings. The van der Waals surface area contributed by atoms with Crippen molar-refractivity contribution >= 4 is 5.97 Å². The van der Waals surface area contributed by atoms with Gasteiger partial charge in [0.25, 0.3) is 0 Å². The molecule has 0 N–H and O–H groups in total. The Kier molecular flexibility index (Phi) is 3.93. The Morgan fingerprint density at radius 3 is 2.79 bits per heavy atom. The standard InChI is InChI=1S/C22H32O2/c1-21-12-5-4-6-15(21)7-9-17-18-10-8-16(14-20(23)24-3)22(18,2)13-11-19(17)21/h10,15-16H,4-9,11-14H2,1-3H3/t15?,16-,21+,22-/m1/s1. The van der Waals surface area contributed by atoms with Crippen LogP contribution in [-0.2, 0) is 9.53 Å². The third kappa shape index (κ3) is 2.24. The molecule has 0 radical (unpaired) electrons. The zero-order chi connectivity index (χ0) is 16.9. The molecule has 2 nitrogen and oxygen atoms in total. The van der Waals surface area contributed by atoms with Gasteiger partial charge in [0.15, 0.2) is 0 Å². The van der Waals surface area contributed by atoms with Gasteiger partial charge in [-0.1, -0.05) is 38.3 Å². The lowest BCUT2D eigenvalue weighted by Gasteiger charge is -2.52. The van der Waals surface area contributed by atoms with Crippen LogP contribution in [-0.4, -0.2) is 13.1 Å². The topological polar surface area (TPSA) is 26.3 Å². The van der Waals surface area contributed by atoms with E-state index in [0.29, 0.717) is 17.8 Å². The van der Waals surface area contributed by atoms with Crippen LogP contribution < -0.4 is 0 Å². The normalized spacial score (nSPS) is 41.2. The Hall–Kier alpha value is -1.05. The maximum absolute atomic E-state index is 11.8. The fraction of sp³-hybridized carbons (Fsp3) is 0.773. The van der Waals surface area contributed by atoms with E-state index in [-0.39, 0.29) is 11.4 Å². The number of allylic oxidation sites excluding steroid dienone is 4. The fourth-order valence-electron chi connectivity index (χ4n) is 6.57. The Morgan fingerprint density at radius 1 is 1.17 bits per heavy atom. The lowest BCUT2D eigenvalue weighted by molar-refractivity contribution is -0.142. The van der Waals surface area contributed by atoms with Crippen molar-refractivity contribution in [3.8, 4) is 0 Å². The number of hydrogen-bond acceptors (Lipinski definition) is 2. The van der Waals surface area contributed by atoms with E-state index in [9.17, 15) is 4.79 Å². The summed E-state index contributed by atoms with van der Waals surface area (Å²) < 4.78 is 4.96. The highest BCUT2D eigenvalue weighted by Gasteiger charge is 2.51. The van der Waals surface area contributed by atoms with E-state index < -0.39 is 0 Å². The second kappa shape index (κ2) is 5.75. The average molecular weight is 328 g/mol. The van der Waals surface area contributed by atoms with Gasteiger partial charge in [0.2, 0.25) is 0 Å². The predicted molar refractivity (Wildman–Crippen MR) is 96.5 cm³/mol. The highest BCUT2D eigenvalue weighted by atomic mass is 16.5. The van der Waals surface area contributed by atoms with Gasteiger partial charge in [-0.15, -0.1) is 0 Å². The summed E-state index contributed by atoms with van der Waals surface area (Å²) in [6.07, 6.45) is 14.9. The molecule has 4 aliphatic carbocycles. The van der Waals surface area contributed by atoms with Crippen LogP contribution in [0.15, 0.2) is 22.8 Å². The fourth-order valence-corrected chi connectivity index (χ4v) is 6.57. The lowest BCUT2D eigenvalue weighted by atomic mass is 9.52. The van der Waals surface area contributed by atoms with E-state index >= 15 is 0 Å². The number of methoxy groups -OCH3 is 1. The first-order valence-corrected chi connectivity index (χ1v) is 9.99. The molecule has 2 heteroatoms. The van der Waals surface area contributed by atoms with Gasteiger partial charge in [0.1, 0.15) is 0 Å². The lowest BCUT2D eigenvalue weighted by Crippen LogP contribution is -2.41. The number of esters is 1. The zero-order valence-electron chi connectivity index (χ0n) is 15.6. The monoisotopic (exact) mass is 328 g/mol. The summed E-state index contributed by atoms with van der Waals surface area (Å²) in [5, 5.41) is 0. The van der Waals surface area contributed by atoms with E-state index in [1.165, 1.54) is 58.5 Å². The van der Waals surface area contributed by atoms with Gasteiger partial charge in [-0.2, -0.15) is 0 Å². The first-order valence-electron chi connectivity index (χ1n) is 9.99. The molecule has 0 aliphatic heterocycles. The Morgan fingerprint density at radius 2 is 2.00 bits per heavy atom. The summed E-state index contributed by atoms with van der Waals surface area (Å²) >= 11 is 0. The largest absolute Gasteiger partial charge is 0.469 e. The first kappa shape index (κ1) is 16.4. The molecule has 24 heavy (non-hydrogen) atoms. The summed E-state index contributed by atoms with van der Waals surface area (Å²) in [4.78, 5) is 11.8. The van der Waals surface area contributed by atoms with E-state index in [1.807, 2.05) is 0 Å². The highest BCUT2D eigenvalue weighted by molar-refractivity contribution is 5.70. The molecule has 0 spiro atoms. The molecule has 132 valence electrons. The van der Waals surface area contributed by atoms with Gasteiger partial charge in [0.05, 0.1) is 7.11 Å². The molecule has 0 saturated heterocycles. The number of rotatable bonds is 2. The third-order valence-corrected chi connectivity index (χ3v) is 8.18. The summed E-state index contributed by atoms with van der Waals surface area (Å²) in [5.74, 6) is 1.31. The van der Waals surface area contributed by atoms with Crippen molar-refractivity contribution in [3.63, 3.8) is 0 Å². The number of hydrogen-bond donors (Lipinski definition) is 0. The SMILES string of the molecule is COC(=O)C[C@H]1CC=C2C3=C(CC[C@@]21C)[C@@]1(C)CCCCC1CC3. The number of fused-ring (bicyclic) bond motifs is 4. The third-order valence-electron chi connectivity index (χ3n) is 8.18. The van der Waals surface area contributed by atoms with Crippen LogP contribution in [0.5, 0.6) is 0 Å². The van der Waals surface area contributed by atoms with E-state index in [2.05, 4.69) is 19.9 Å². The van der Waals surface area contributed by atoms with Gasteiger partial charge in [0, 0.05) is 6.42 Å². The molecule has 0 amide bonds. The zero-order valence-corrected chi connectivity index (χ0v) is 15.6. The minimum Gasteiger partial charge on any atom is -0.469 e. The molecule has 4 aliphatic rings. The van der Waals surface area contributed by atoms with Crippen molar-refractivity contribution in [2.45, 2.75) is 78.1 Å². The van der Waals surface area contributed by atoms with Crippen LogP contribution >= 0.6 is 0 Å². The Labute approximate surface area is 146 Å². The second-order valence-corrected chi connectivity index (χ2v) is 9.10. The Balaban J connectivity index is 1.67. The van der Waals surface area contributed by atoms with Crippen LogP contribution in [0.1, 0.15) is 78.1 Å². The van der Waals surface area contributed by atoms with Crippen molar-refractivity contribution in [2.24, 2.45) is 22.7 Å². The highest BCUT2D eigenvalue weighted by Crippen LogP contribution is 2.63. The van der Waals surface area contributed by atoms with E-state index in [1.54, 1.807) is 16.7 Å². The van der Waals surface area contributed by atoms with Crippen LogP contribution in [0.2, 0.25) is 0 Å². The Bertz CT molecular complexity index is 613. The number of carbonyl (C=O) groups is 1. The molecule has 4 rings (SSSR count). The van der Waals surface area contributed by atoms with Crippen molar-refractivity contribution in [1.29, 1.82) is 0 Å². The average Bonchev–Trinajstić information content (AvgIpc) is 2.91. The molecule has 0 aromatic carbocycles. The number of carbonyl (C=O) groups excluding carboxylic acids is 1. The summed E-state index contributed by atoms with van der Waals surface area (Å²) in [6.45, 7) is 4.98. The molecule has 1 saturated carbocycles. The number of ether oxygens (including phenoxy) is 1. The molecule has 0 aromatic heterocycles. The van der Waals surface area contributed by atoms with Crippen molar-refractivity contribution < 1.29 is 9.53 Å². The van der Waals surface area contributed by atoms with Crippen LogP contribution in [0, 0.1) is 22.7 Å². The quantitative estimate of drug-likeness (QED) is 0.618. The van der Waals surface area contributed by atoms with Gasteiger partial charge in [-0.25, -0.2) is 0 Å². The molecular weight excluding hydrogens is 296 g/mol. The second-order valence-electron chi connectivity index (χ2n) is 9.10. The van der Waals surface area contributed by atoms with Gasteiger partial charge < -0.3 is 4.74 Å². The molecule has 4 atom stereocenters. The van der Waals surface area contributed by atoms with Crippen LogP contribution in [0.3, 0.4) is 0 Å². The molecule has 1 unspecified atom stereocenters. The maximum atomic E-state index is 11.8. The predicted octanol–water partition coefficient (Wildman–Crippen LogP) is 5.58. The maximum Gasteiger partial charge on any atom is 0.305 e. The molecule has 0 heterocycles. The van der Waals surface area contributed by atoms with Gasteiger partial charge in [-0.3, -0.25) is 4.79 Å². The van der Waals surface area contributed by atoms with Crippen LogP contribution in [0.25, 0.3) is 0 Å². The van der Waals surface area contributed by atoms with Crippen LogP contribution in [0.4, 0.5) is 0 Å². The van der Waals surface area contributed by atoms with E-state index in [4.69, 9.17) is 4.74 Å². The van der Waals surface area contributed by atoms with Crippen molar-refractivity contribution in [2.75, 3.05) is 7.11 Å². The first-order chi connectivity index (χ1) is 11.5. The van der Waals surface area contributed by atoms with E-state index in [0.717, 1.165) is 12.3 Å². The van der Waals surface area contributed by atoms with Gasteiger partial charge >= 0.3 is 5.97 Å². The smallest absolute Gasteiger partial charge is 0.305 e. The summed E-state index contributed by atoms with van der Waals surface area (Å²) in [5.41, 5.74) is 5.79. The van der Waals surface area contributed by atoms with Crippen molar-refractivity contribution in [1.82, 2.24) is 0 Å². The van der Waals surface area contributed by atoms with Gasteiger partial charge in [-0.05, 0) is 78.8 Å².